The Morgan fingerprint density at radius 2 is 1.66 bits per heavy atom. The second-order valence-corrected chi connectivity index (χ2v) is 7.38. The van der Waals surface area contributed by atoms with Crippen LogP contribution in [-0.2, 0) is 45.7 Å². The molecular weight excluding hydrogens is 437 g/mol. The molecule has 0 aliphatic carbocycles. The van der Waals surface area contributed by atoms with Gasteiger partial charge >= 0.3 is 0 Å². The number of nitrogens with zero attached hydrogens (tertiary/aromatic N) is 2. The average molecular weight is 476 g/mol. The first-order chi connectivity index (χ1) is 12.8. The van der Waals surface area contributed by atoms with Gasteiger partial charge in [0.1, 0.15) is 5.69 Å². The van der Waals surface area contributed by atoms with Gasteiger partial charge in [0.25, 0.3) is 5.56 Å². The van der Waals surface area contributed by atoms with Gasteiger partial charge in [-0.3, -0.25) is 4.79 Å². The van der Waals surface area contributed by atoms with Gasteiger partial charge < -0.3 is 12.2 Å². The molecule has 0 aliphatic heterocycles. The maximum atomic E-state index is 13.2. The number of ether oxygens (including phenoxy) is 1. The zero-order valence-electron chi connectivity index (χ0n) is 19.9. The molecule has 1 heterocycles. The van der Waals surface area contributed by atoms with E-state index < -0.39 is 0 Å². The summed E-state index contributed by atoms with van der Waals surface area (Å²) in [6.45, 7) is 17.6. The zero-order valence-corrected chi connectivity index (χ0v) is 22.7. The van der Waals surface area contributed by atoms with Crippen LogP contribution in [0.5, 0.6) is 5.75 Å². The number of aromatic nitrogens is 2. The van der Waals surface area contributed by atoms with E-state index in [1.165, 1.54) is 0 Å². The fourth-order valence-corrected chi connectivity index (χ4v) is 2.99. The van der Waals surface area contributed by atoms with E-state index in [9.17, 15) is 4.79 Å². The Bertz CT molecular complexity index is 783. The van der Waals surface area contributed by atoms with Crippen molar-refractivity contribution in [2.24, 2.45) is 11.8 Å². The van der Waals surface area contributed by atoms with Crippen molar-refractivity contribution in [3.8, 4) is 16.9 Å². The summed E-state index contributed by atoms with van der Waals surface area (Å²) >= 11 is 0. The number of hydrogen-bond donors (Lipinski definition) is 0. The molecule has 2 rings (SSSR count). The largest absolute Gasteiger partial charge is 0.491 e. The summed E-state index contributed by atoms with van der Waals surface area (Å²) in [5, 5.41) is 4.67. The monoisotopic (exact) mass is 476 g/mol. The molecule has 1 aromatic carbocycles. The Hall–Kier alpha value is -0.996. The van der Waals surface area contributed by atoms with Crippen LogP contribution in [0.1, 0.15) is 59.7 Å². The van der Waals surface area contributed by atoms with Gasteiger partial charge in [-0.05, 0) is 43.2 Å². The summed E-state index contributed by atoms with van der Waals surface area (Å²) in [5.41, 5.74) is 3.44. The molecule has 0 fully saturated rings. The predicted octanol–water partition coefficient (Wildman–Crippen LogP) is 5.95. The van der Waals surface area contributed by atoms with E-state index in [1.54, 1.807) is 4.68 Å². The molecule has 2 aromatic rings. The van der Waals surface area contributed by atoms with Crippen LogP contribution in [0.2, 0.25) is 0 Å². The number of benzene rings is 1. The molecule has 0 saturated heterocycles. The van der Waals surface area contributed by atoms with Gasteiger partial charge in [0.2, 0.25) is 0 Å². The quantitative estimate of drug-likeness (QED) is 0.464. The molecule has 0 aliphatic rings. The number of hydrogen-bond acceptors (Lipinski definition) is 3. The molecule has 4 nitrogen and oxygen atoms in total. The van der Waals surface area contributed by atoms with Gasteiger partial charge in [-0.2, -0.15) is 5.10 Å². The van der Waals surface area contributed by atoms with Crippen molar-refractivity contribution < 1.29 is 37.4 Å². The van der Waals surface area contributed by atoms with Gasteiger partial charge in [-0.1, -0.05) is 65.8 Å². The summed E-state index contributed by atoms with van der Waals surface area (Å²) in [6.07, 6.45) is 0.784. The Morgan fingerprint density at radius 1 is 1.07 bits per heavy atom. The molecule has 5 heteroatoms. The van der Waals surface area contributed by atoms with Crippen molar-refractivity contribution in [3.05, 3.63) is 53.3 Å². The van der Waals surface area contributed by atoms with Gasteiger partial charge in [-0.25, -0.2) is 4.68 Å². The minimum absolute atomic E-state index is 0. The summed E-state index contributed by atoms with van der Waals surface area (Å²) in [6, 6.07) is 7.97. The maximum absolute atomic E-state index is 13.2. The van der Waals surface area contributed by atoms with Crippen LogP contribution in [0.15, 0.2) is 29.1 Å². The van der Waals surface area contributed by atoms with Crippen LogP contribution < -0.4 is 10.3 Å². The van der Waals surface area contributed by atoms with Crippen molar-refractivity contribution in [1.82, 2.24) is 9.78 Å². The summed E-state index contributed by atoms with van der Waals surface area (Å²) in [7, 11) is 0. The van der Waals surface area contributed by atoms with Crippen molar-refractivity contribution in [2.45, 2.75) is 68.4 Å². The Balaban J connectivity index is 0. The molecule has 161 valence electrons. The second-order valence-electron chi connectivity index (χ2n) is 7.38. The fraction of sp³-hybridized carbons (Fsp3) is 0.542. The van der Waals surface area contributed by atoms with Crippen molar-refractivity contribution in [3.63, 3.8) is 0 Å². The van der Waals surface area contributed by atoms with E-state index in [1.807, 2.05) is 52.0 Å². The predicted molar refractivity (Wildman–Crippen MR) is 121 cm³/mol. The van der Waals surface area contributed by atoms with Crippen LogP contribution in [0.4, 0.5) is 0 Å². The van der Waals surface area contributed by atoms with Gasteiger partial charge in [-0.15, -0.1) is 0 Å². The molecule has 0 N–H and O–H groups in total. The van der Waals surface area contributed by atoms with Crippen LogP contribution in [0.25, 0.3) is 11.1 Å². The zero-order chi connectivity index (χ0) is 20.6. The van der Waals surface area contributed by atoms with Crippen molar-refractivity contribution >= 4 is 0 Å². The minimum Gasteiger partial charge on any atom is -0.491 e. The standard InChI is InChI=1S/C21H30N2O2.C2H6.CH3.Y/c1-7-25-20-18(12-14(2)3)22-23(13-15(4)5)21(24)19(20)17-11-9-8-10-16(17)6;1-2;;/h8-11,14-15H,7,12-13H2,1-6H3;1-2H3;1H3;/q;;-1;. The van der Waals surface area contributed by atoms with Crippen molar-refractivity contribution in [1.29, 1.82) is 0 Å². The first-order valence-corrected chi connectivity index (χ1v) is 10.2. The van der Waals surface area contributed by atoms with Crippen LogP contribution in [0, 0.1) is 26.2 Å². The summed E-state index contributed by atoms with van der Waals surface area (Å²) in [4.78, 5) is 13.2. The average Bonchev–Trinajstić information content (AvgIpc) is 2.61. The van der Waals surface area contributed by atoms with E-state index >= 15 is 0 Å². The number of aryl methyl sites for hydroxylation is 1. The molecule has 0 bridgehead atoms. The van der Waals surface area contributed by atoms with E-state index in [-0.39, 0.29) is 45.7 Å². The SMILES string of the molecule is CC.CCOc1c(CC(C)C)nn(CC(C)C)c(=O)c1-c1ccccc1C.[CH3-].[Y]. The summed E-state index contributed by atoms with van der Waals surface area (Å²) < 4.78 is 7.56. The first kappa shape index (κ1) is 30.2. The Kier molecular flexibility index (Phi) is 15.5. The van der Waals surface area contributed by atoms with Gasteiger partial charge in [0.15, 0.2) is 5.75 Å². The molecule has 0 amide bonds. The second kappa shape index (κ2) is 14.9. The normalized spacial score (nSPS) is 10.0. The van der Waals surface area contributed by atoms with Crippen LogP contribution in [0.3, 0.4) is 0 Å². The van der Waals surface area contributed by atoms with E-state index in [4.69, 9.17) is 4.74 Å². The summed E-state index contributed by atoms with van der Waals surface area (Å²) in [5.74, 6) is 1.43. The molecule has 1 aromatic heterocycles. The molecule has 0 atom stereocenters. The van der Waals surface area contributed by atoms with Gasteiger partial charge in [0, 0.05) is 39.3 Å². The van der Waals surface area contributed by atoms with Crippen LogP contribution in [-0.4, -0.2) is 16.4 Å². The Labute approximate surface area is 203 Å². The molecule has 29 heavy (non-hydrogen) atoms. The Morgan fingerprint density at radius 3 is 2.14 bits per heavy atom. The van der Waals surface area contributed by atoms with Crippen LogP contribution >= 0.6 is 0 Å². The first-order valence-electron chi connectivity index (χ1n) is 10.2. The van der Waals surface area contributed by atoms with E-state index in [0.29, 0.717) is 36.3 Å². The number of rotatable bonds is 7. The van der Waals surface area contributed by atoms with Crippen molar-refractivity contribution in [2.75, 3.05) is 6.61 Å². The third-order valence-electron chi connectivity index (χ3n) is 4.02. The van der Waals surface area contributed by atoms with E-state index in [2.05, 4.69) is 32.8 Å². The minimum atomic E-state index is -0.0704. The molecule has 0 unspecified atom stereocenters. The molecule has 0 saturated carbocycles. The molecule has 1 radical (unpaired) electrons. The maximum Gasteiger partial charge on any atom is 0.278 e. The fourth-order valence-electron chi connectivity index (χ4n) is 2.99. The van der Waals surface area contributed by atoms with Gasteiger partial charge in [0.05, 0.1) is 12.2 Å². The third-order valence-corrected chi connectivity index (χ3v) is 4.02. The smallest absolute Gasteiger partial charge is 0.278 e. The van der Waals surface area contributed by atoms with E-state index in [0.717, 1.165) is 23.2 Å². The third kappa shape index (κ3) is 8.34. The molecular formula is C24H39N2O2Y-. The topological polar surface area (TPSA) is 44.1 Å². The molecule has 0 spiro atoms.